The number of aromatic nitrogens is 3. The number of carbonyl (C=O) groups excluding carboxylic acids is 1. The molecule has 2 aromatic heterocycles. The van der Waals surface area contributed by atoms with Gasteiger partial charge >= 0.3 is 0 Å². The van der Waals surface area contributed by atoms with Crippen molar-refractivity contribution in [1.29, 1.82) is 0 Å². The van der Waals surface area contributed by atoms with Crippen LogP contribution in [0, 0.1) is 6.92 Å². The lowest BCUT2D eigenvalue weighted by atomic mass is 10.2. The number of halogens is 1. The Hall–Kier alpha value is -2.80. The van der Waals surface area contributed by atoms with Gasteiger partial charge in [-0.2, -0.15) is 0 Å². The topological polar surface area (TPSA) is 79.8 Å². The summed E-state index contributed by atoms with van der Waals surface area (Å²) in [5, 5.41) is 5.94. The molecular weight excluding hydrogens is 382 g/mol. The Labute approximate surface area is 153 Å². The van der Waals surface area contributed by atoms with Gasteiger partial charge in [0.25, 0.3) is 5.91 Å². The van der Waals surface area contributed by atoms with Crippen molar-refractivity contribution >= 4 is 33.5 Å². The number of aryl methyl sites for hydroxylation is 1. The van der Waals surface area contributed by atoms with Crippen molar-refractivity contribution in [3.63, 3.8) is 0 Å². The highest BCUT2D eigenvalue weighted by Gasteiger charge is 2.08. The molecule has 0 bridgehead atoms. The number of benzene rings is 1. The van der Waals surface area contributed by atoms with Crippen molar-refractivity contribution < 1.29 is 4.79 Å². The average Bonchev–Trinajstić information content (AvgIpc) is 2.63. The average molecular weight is 398 g/mol. The van der Waals surface area contributed by atoms with Crippen LogP contribution in [0.2, 0.25) is 0 Å². The highest BCUT2D eigenvalue weighted by molar-refractivity contribution is 9.10. The van der Waals surface area contributed by atoms with Gasteiger partial charge in [-0.25, -0.2) is 9.97 Å². The SMILES string of the molecule is Cc1ccc(Nc2ncc(C(=O)NCc3ccncc3)cn2)c(Br)c1. The van der Waals surface area contributed by atoms with Crippen LogP contribution >= 0.6 is 15.9 Å². The molecule has 0 aliphatic rings. The van der Waals surface area contributed by atoms with Crippen LogP contribution in [0.1, 0.15) is 21.5 Å². The fourth-order valence-electron chi connectivity index (χ4n) is 2.14. The first-order valence-corrected chi connectivity index (χ1v) is 8.43. The third kappa shape index (κ3) is 4.60. The number of hydrogen-bond acceptors (Lipinski definition) is 5. The maximum Gasteiger partial charge on any atom is 0.254 e. The molecule has 0 saturated carbocycles. The molecule has 6 nitrogen and oxygen atoms in total. The van der Waals surface area contributed by atoms with Gasteiger partial charge < -0.3 is 10.6 Å². The third-order valence-electron chi connectivity index (χ3n) is 3.49. The quantitative estimate of drug-likeness (QED) is 0.687. The minimum absolute atomic E-state index is 0.222. The summed E-state index contributed by atoms with van der Waals surface area (Å²) in [5.74, 6) is 0.204. The van der Waals surface area contributed by atoms with Crippen LogP contribution in [-0.4, -0.2) is 20.9 Å². The molecule has 3 aromatic rings. The predicted octanol–water partition coefficient (Wildman–Crippen LogP) is 3.62. The summed E-state index contributed by atoms with van der Waals surface area (Å²) in [4.78, 5) is 24.5. The molecule has 0 fully saturated rings. The lowest BCUT2D eigenvalue weighted by molar-refractivity contribution is 0.0950. The van der Waals surface area contributed by atoms with Crippen LogP contribution in [-0.2, 0) is 6.54 Å². The maximum absolute atomic E-state index is 12.1. The highest BCUT2D eigenvalue weighted by atomic mass is 79.9. The molecule has 0 radical (unpaired) electrons. The van der Waals surface area contributed by atoms with E-state index in [2.05, 4.69) is 41.5 Å². The van der Waals surface area contributed by atoms with E-state index in [1.54, 1.807) is 12.4 Å². The fourth-order valence-corrected chi connectivity index (χ4v) is 2.73. The number of carbonyl (C=O) groups is 1. The first kappa shape index (κ1) is 17.0. The van der Waals surface area contributed by atoms with Gasteiger partial charge in [0, 0.05) is 35.8 Å². The van der Waals surface area contributed by atoms with Crippen LogP contribution in [0.25, 0.3) is 0 Å². The Kier molecular flexibility index (Phi) is 5.35. The van der Waals surface area contributed by atoms with Gasteiger partial charge in [0.05, 0.1) is 11.3 Å². The van der Waals surface area contributed by atoms with E-state index in [4.69, 9.17) is 0 Å². The van der Waals surface area contributed by atoms with Crippen molar-refractivity contribution in [3.05, 3.63) is 76.3 Å². The molecule has 0 spiro atoms. The molecule has 1 aromatic carbocycles. The predicted molar refractivity (Wildman–Crippen MR) is 99.6 cm³/mol. The normalized spacial score (nSPS) is 10.3. The van der Waals surface area contributed by atoms with Crippen molar-refractivity contribution in [2.45, 2.75) is 13.5 Å². The first-order chi connectivity index (χ1) is 12.1. The molecule has 3 rings (SSSR count). The number of hydrogen-bond donors (Lipinski definition) is 2. The Morgan fingerprint density at radius 3 is 2.52 bits per heavy atom. The number of rotatable bonds is 5. The Morgan fingerprint density at radius 2 is 1.84 bits per heavy atom. The second-order valence-electron chi connectivity index (χ2n) is 5.44. The van der Waals surface area contributed by atoms with Gasteiger partial charge in [0.2, 0.25) is 5.95 Å². The van der Waals surface area contributed by atoms with E-state index < -0.39 is 0 Å². The molecule has 0 atom stereocenters. The number of amides is 1. The molecule has 126 valence electrons. The zero-order chi connectivity index (χ0) is 17.6. The van der Waals surface area contributed by atoms with Gasteiger partial charge in [-0.1, -0.05) is 6.07 Å². The second-order valence-corrected chi connectivity index (χ2v) is 6.30. The minimum Gasteiger partial charge on any atom is -0.348 e. The van der Waals surface area contributed by atoms with E-state index in [-0.39, 0.29) is 5.91 Å². The fraction of sp³-hybridized carbons (Fsp3) is 0.111. The summed E-state index contributed by atoms with van der Waals surface area (Å²) in [7, 11) is 0. The summed E-state index contributed by atoms with van der Waals surface area (Å²) in [6, 6.07) is 9.64. The zero-order valence-electron chi connectivity index (χ0n) is 13.5. The van der Waals surface area contributed by atoms with Gasteiger partial charge in [0.15, 0.2) is 0 Å². The Balaban J connectivity index is 1.62. The van der Waals surface area contributed by atoms with Crippen molar-refractivity contribution in [2.75, 3.05) is 5.32 Å². The summed E-state index contributed by atoms with van der Waals surface area (Å²) >= 11 is 3.50. The van der Waals surface area contributed by atoms with Crippen LogP contribution in [0.5, 0.6) is 0 Å². The molecule has 0 unspecified atom stereocenters. The summed E-state index contributed by atoms with van der Waals surface area (Å²) in [5.41, 5.74) is 3.40. The number of pyridine rings is 1. The largest absolute Gasteiger partial charge is 0.348 e. The van der Waals surface area contributed by atoms with E-state index >= 15 is 0 Å². The molecule has 25 heavy (non-hydrogen) atoms. The van der Waals surface area contributed by atoms with E-state index in [9.17, 15) is 4.79 Å². The number of anilines is 2. The van der Waals surface area contributed by atoms with E-state index in [0.29, 0.717) is 18.1 Å². The zero-order valence-corrected chi connectivity index (χ0v) is 15.1. The molecule has 0 saturated heterocycles. The summed E-state index contributed by atoms with van der Waals surface area (Å²) in [6.45, 7) is 2.45. The highest BCUT2D eigenvalue weighted by Crippen LogP contribution is 2.25. The number of nitrogens with zero attached hydrogens (tertiary/aromatic N) is 3. The van der Waals surface area contributed by atoms with E-state index in [1.165, 1.54) is 12.4 Å². The Bertz CT molecular complexity index is 868. The van der Waals surface area contributed by atoms with E-state index in [0.717, 1.165) is 21.3 Å². The van der Waals surface area contributed by atoms with Crippen LogP contribution in [0.4, 0.5) is 11.6 Å². The molecule has 0 aliphatic heterocycles. The standard InChI is InChI=1S/C18H16BrN5O/c1-12-2-3-16(15(19)8-12)24-18-22-10-14(11-23-18)17(25)21-9-13-4-6-20-7-5-13/h2-8,10-11H,9H2,1H3,(H,21,25)(H,22,23,24). The number of nitrogens with one attached hydrogen (secondary N) is 2. The van der Waals surface area contributed by atoms with Crippen molar-refractivity contribution in [3.8, 4) is 0 Å². The molecular formula is C18H16BrN5O. The molecule has 2 N–H and O–H groups in total. The maximum atomic E-state index is 12.1. The van der Waals surface area contributed by atoms with E-state index in [1.807, 2.05) is 37.3 Å². The molecule has 2 heterocycles. The van der Waals surface area contributed by atoms with Crippen LogP contribution in [0.15, 0.2) is 59.6 Å². The van der Waals surface area contributed by atoms with Crippen molar-refractivity contribution in [1.82, 2.24) is 20.3 Å². The second kappa shape index (κ2) is 7.85. The first-order valence-electron chi connectivity index (χ1n) is 7.64. The molecule has 1 amide bonds. The van der Waals surface area contributed by atoms with Gasteiger partial charge in [-0.05, 0) is 58.2 Å². The van der Waals surface area contributed by atoms with Gasteiger partial charge in [0.1, 0.15) is 0 Å². The lowest BCUT2D eigenvalue weighted by Crippen LogP contribution is -2.23. The van der Waals surface area contributed by atoms with Crippen LogP contribution in [0.3, 0.4) is 0 Å². The minimum atomic E-state index is -0.222. The molecule has 0 aliphatic carbocycles. The van der Waals surface area contributed by atoms with Gasteiger partial charge in [-0.3, -0.25) is 9.78 Å². The summed E-state index contributed by atoms with van der Waals surface area (Å²) in [6.07, 6.45) is 6.38. The Morgan fingerprint density at radius 1 is 1.12 bits per heavy atom. The van der Waals surface area contributed by atoms with Crippen molar-refractivity contribution in [2.24, 2.45) is 0 Å². The molecule has 7 heteroatoms. The lowest BCUT2D eigenvalue weighted by Gasteiger charge is -2.08. The van der Waals surface area contributed by atoms with Crippen LogP contribution < -0.4 is 10.6 Å². The summed E-state index contributed by atoms with van der Waals surface area (Å²) < 4.78 is 0.926. The third-order valence-corrected chi connectivity index (χ3v) is 4.14. The van der Waals surface area contributed by atoms with Gasteiger partial charge in [-0.15, -0.1) is 0 Å². The smallest absolute Gasteiger partial charge is 0.254 e. The monoisotopic (exact) mass is 397 g/mol.